The number of carbonyl (C=O) groups is 1. The first kappa shape index (κ1) is 15.2. The van der Waals surface area contributed by atoms with Gasteiger partial charge in [-0.15, -0.1) is 0 Å². The summed E-state index contributed by atoms with van der Waals surface area (Å²) >= 11 is 0. The molecule has 0 bridgehead atoms. The molecule has 1 amide bonds. The fourth-order valence-electron chi connectivity index (χ4n) is 4.71. The Kier molecular flexibility index (Phi) is 3.90. The average molecular weight is 313 g/mol. The van der Waals surface area contributed by atoms with Gasteiger partial charge in [-0.1, -0.05) is 29.8 Å². The zero-order chi connectivity index (χ0) is 16.0. The average Bonchev–Trinajstić information content (AvgIpc) is 2.89. The highest BCUT2D eigenvalue weighted by atomic mass is 16.1. The van der Waals surface area contributed by atoms with Gasteiger partial charge in [-0.3, -0.25) is 4.79 Å². The van der Waals surface area contributed by atoms with Crippen molar-refractivity contribution < 1.29 is 4.79 Å². The molecule has 4 heteroatoms. The second kappa shape index (κ2) is 5.91. The van der Waals surface area contributed by atoms with Crippen LogP contribution in [-0.2, 0) is 4.79 Å². The van der Waals surface area contributed by atoms with E-state index in [-0.39, 0.29) is 11.9 Å². The fourth-order valence-corrected chi connectivity index (χ4v) is 4.71. The zero-order valence-electron chi connectivity index (χ0n) is 14.1. The molecule has 2 saturated heterocycles. The van der Waals surface area contributed by atoms with Gasteiger partial charge < -0.3 is 15.5 Å². The van der Waals surface area contributed by atoms with Crippen molar-refractivity contribution >= 4 is 5.91 Å². The minimum Gasteiger partial charge on any atom is -0.352 e. The minimum absolute atomic E-state index is 0.0847. The smallest absolute Gasteiger partial charge is 0.217 e. The van der Waals surface area contributed by atoms with E-state index in [1.807, 2.05) is 0 Å². The van der Waals surface area contributed by atoms with E-state index in [0.29, 0.717) is 5.92 Å². The van der Waals surface area contributed by atoms with Crippen LogP contribution >= 0.6 is 0 Å². The Labute approximate surface area is 138 Å². The Balaban J connectivity index is 1.45. The van der Waals surface area contributed by atoms with Crippen LogP contribution in [0, 0.1) is 24.7 Å². The van der Waals surface area contributed by atoms with Crippen molar-refractivity contribution in [1.82, 2.24) is 15.5 Å². The third-order valence-corrected chi connectivity index (χ3v) is 6.03. The van der Waals surface area contributed by atoms with Crippen LogP contribution in [0.4, 0.5) is 0 Å². The molecule has 1 aromatic rings. The van der Waals surface area contributed by atoms with Gasteiger partial charge in [0.2, 0.25) is 5.91 Å². The van der Waals surface area contributed by atoms with Crippen LogP contribution in [0.15, 0.2) is 24.3 Å². The number of aryl methyl sites for hydroxylation is 1. The van der Waals surface area contributed by atoms with Crippen molar-refractivity contribution in [3.05, 3.63) is 35.4 Å². The Morgan fingerprint density at radius 1 is 1.22 bits per heavy atom. The Morgan fingerprint density at radius 2 is 1.91 bits per heavy atom. The molecule has 4 rings (SSSR count). The van der Waals surface area contributed by atoms with E-state index < -0.39 is 0 Å². The third kappa shape index (κ3) is 3.02. The van der Waals surface area contributed by atoms with E-state index in [0.717, 1.165) is 30.8 Å². The Morgan fingerprint density at radius 3 is 2.57 bits per heavy atom. The number of amides is 1. The highest BCUT2D eigenvalue weighted by Crippen LogP contribution is 2.49. The summed E-state index contributed by atoms with van der Waals surface area (Å²) < 4.78 is 0. The van der Waals surface area contributed by atoms with Gasteiger partial charge in [0, 0.05) is 38.5 Å². The summed E-state index contributed by atoms with van der Waals surface area (Å²) in [5.41, 5.74) is 2.65. The predicted octanol–water partition coefficient (Wildman–Crippen LogP) is 1.36. The SMILES string of the molecule is CC(=O)NC1CN(CC2C3CNCC32)CC1c1ccc(C)cc1. The molecule has 2 N–H and O–H groups in total. The molecule has 1 saturated carbocycles. The fraction of sp³-hybridized carbons (Fsp3) is 0.632. The molecule has 0 aromatic heterocycles. The van der Waals surface area contributed by atoms with E-state index in [4.69, 9.17) is 0 Å². The van der Waals surface area contributed by atoms with E-state index in [1.165, 1.54) is 30.8 Å². The first-order valence-electron chi connectivity index (χ1n) is 8.88. The first-order valence-corrected chi connectivity index (χ1v) is 8.88. The number of nitrogens with one attached hydrogen (secondary N) is 2. The lowest BCUT2D eigenvalue weighted by Gasteiger charge is -2.19. The molecule has 4 unspecified atom stereocenters. The van der Waals surface area contributed by atoms with Crippen molar-refractivity contribution in [3.63, 3.8) is 0 Å². The van der Waals surface area contributed by atoms with E-state index >= 15 is 0 Å². The van der Waals surface area contributed by atoms with Crippen molar-refractivity contribution in [1.29, 1.82) is 0 Å². The van der Waals surface area contributed by atoms with E-state index in [9.17, 15) is 4.79 Å². The highest BCUT2D eigenvalue weighted by molar-refractivity contribution is 5.73. The quantitative estimate of drug-likeness (QED) is 0.882. The molecule has 2 aliphatic heterocycles. The van der Waals surface area contributed by atoms with Gasteiger partial charge in [-0.05, 0) is 43.3 Å². The minimum atomic E-state index is 0.0847. The lowest BCUT2D eigenvalue weighted by Crippen LogP contribution is -2.38. The number of hydrogen-bond donors (Lipinski definition) is 2. The van der Waals surface area contributed by atoms with Crippen LogP contribution in [0.3, 0.4) is 0 Å². The van der Waals surface area contributed by atoms with E-state index in [2.05, 4.69) is 46.7 Å². The molecule has 23 heavy (non-hydrogen) atoms. The molecule has 4 atom stereocenters. The van der Waals surface area contributed by atoms with Crippen LogP contribution in [-0.4, -0.2) is 49.6 Å². The zero-order valence-corrected chi connectivity index (χ0v) is 14.1. The second-order valence-electron chi connectivity index (χ2n) is 7.69. The highest BCUT2D eigenvalue weighted by Gasteiger charge is 2.53. The monoisotopic (exact) mass is 313 g/mol. The van der Waals surface area contributed by atoms with Crippen LogP contribution < -0.4 is 10.6 Å². The molecule has 3 fully saturated rings. The number of likely N-dealkylation sites (tertiary alicyclic amines) is 1. The van der Waals surface area contributed by atoms with Gasteiger partial charge in [0.1, 0.15) is 0 Å². The second-order valence-corrected chi connectivity index (χ2v) is 7.69. The summed E-state index contributed by atoms with van der Waals surface area (Å²) in [7, 11) is 0. The molecule has 2 heterocycles. The maximum absolute atomic E-state index is 11.6. The summed E-state index contributed by atoms with van der Waals surface area (Å²) in [6.07, 6.45) is 0. The molecule has 1 aromatic carbocycles. The topological polar surface area (TPSA) is 44.4 Å². The molecule has 1 aliphatic carbocycles. The number of nitrogens with zero attached hydrogens (tertiary/aromatic N) is 1. The normalized spacial score (nSPS) is 36.0. The number of hydrogen-bond acceptors (Lipinski definition) is 3. The van der Waals surface area contributed by atoms with Gasteiger partial charge in [0.05, 0.1) is 0 Å². The van der Waals surface area contributed by atoms with Crippen LogP contribution in [0.25, 0.3) is 0 Å². The number of carbonyl (C=O) groups excluding carboxylic acids is 1. The number of fused-ring (bicyclic) bond motifs is 1. The van der Waals surface area contributed by atoms with Crippen LogP contribution in [0.1, 0.15) is 24.0 Å². The standard InChI is InChI=1S/C19H27N3O/c1-12-3-5-14(6-4-12)17-9-22(11-19(17)21-13(2)23)10-18-15-7-20-8-16(15)18/h3-6,15-20H,7-11H2,1-2H3,(H,21,23). The Bertz CT molecular complexity index is 575. The predicted molar refractivity (Wildman–Crippen MR) is 91.3 cm³/mol. The summed E-state index contributed by atoms with van der Waals surface area (Å²) in [6, 6.07) is 9.06. The Hall–Kier alpha value is -1.39. The third-order valence-electron chi connectivity index (χ3n) is 6.03. The maximum Gasteiger partial charge on any atom is 0.217 e. The van der Waals surface area contributed by atoms with Gasteiger partial charge in [0.15, 0.2) is 0 Å². The summed E-state index contributed by atoms with van der Waals surface area (Å²) in [4.78, 5) is 14.2. The van der Waals surface area contributed by atoms with Crippen molar-refractivity contribution in [2.24, 2.45) is 17.8 Å². The van der Waals surface area contributed by atoms with Crippen LogP contribution in [0.5, 0.6) is 0 Å². The molecular formula is C19H27N3O. The molecular weight excluding hydrogens is 286 g/mol. The number of piperidine rings is 1. The maximum atomic E-state index is 11.6. The number of rotatable bonds is 4. The molecule has 3 aliphatic rings. The van der Waals surface area contributed by atoms with E-state index in [1.54, 1.807) is 6.92 Å². The largest absolute Gasteiger partial charge is 0.352 e. The first-order chi connectivity index (χ1) is 11.1. The lowest BCUT2D eigenvalue weighted by molar-refractivity contribution is -0.119. The summed E-state index contributed by atoms with van der Waals surface area (Å²) in [5.74, 6) is 3.20. The number of benzene rings is 1. The van der Waals surface area contributed by atoms with Crippen LogP contribution in [0.2, 0.25) is 0 Å². The summed E-state index contributed by atoms with van der Waals surface area (Å²) in [5, 5.41) is 6.66. The van der Waals surface area contributed by atoms with Crippen molar-refractivity contribution in [3.8, 4) is 0 Å². The van der Waals surface area contributed by atoms with Gasteiger partial charge >= 0.3 is 0 Å². The van der Waals surface area contributed by atoms with Gasteiger partial charge in [-0.25, -0.2) is 0 Å². The molecule has 0 spiro atoms. The molecule has 0 radical (unpaired) electrons. The molecule has 124 valence electrons. The van der Waals surface area contributed by atoms with Crippen molar-refractivity contribution in [2.45, 2.75) is 25.8 Å². The molecule has 4 nitrogen and oxygen atoms in total. The van der Waals surface area contributed by atoms with Gasteiger partial charge in [0.25, 0.3) is 0 Å². The summed E-state index contributed by atoms with van der Waals surface area (Å²) in [6.45, 7) is 9.43. The van der Waals surface area contributed by atoms with Crippen molar-refractivity contribution in [2.75, 3.05) is 32.7 Å². The lowest BCUT2D eigenvalue weighted by atomic mass is 9.93. The van der Waals surface area contributed by atoms with Gasteiger partial charge in [-0.2, -0.15) is 0 Å².